The van der Waals surface area contributed by atoms with Crippen LogP contribution in [0.5, 0.6) is 0 Å². The van der Waals surface area contributed by atoms with Crippen molar-refractivity contribution in [3.8, 4) is 0 Å². The van der Waals surface area contributed by atoms with Crippen molar-refractivity contribution in [1.29, 1.82) is 0 Å². The number of nitrogens with one attached hydrogen (secondary N) is 2. The van der Waals surface area contributed by atoms with Crippen LogP contribution in [0.25, 0.3) is 0 Å². The SMILES string of the molecule is C=CCOC(=O)NC[C@@H](CN(C)C(=O)OCC=C)C(=O)C[C@H]1NC(=O)[C@H]1[C@@H](CO[SiH](C)C)C(C)(C)C. The molecule has 10 nitrogen and oxygen atoms in total. The Bertz CT molecular complexity index is 797. The Morgan fingerprint density at radius 2 is 1.78 bits per heavy atom. The van der Waals surface area contributed by atoms with Crippen LogP contribution >= 0.6 is 0 Å². The predicted molar refractivity (Wildman–Crippen MR) is 140 cm³/mol. The van der Waals surface area contributed by atoms with E-state index < -0.39 is 27.1 Å². The number of carbonyl (C=O) groups excluding carboxylic acids is 4. The van der Waals surface area contributed by atoms with Crippen LogP contribution in [0, 0.1) is 23.2 Å². The van der Waals surface area contributed by atoms with E-state index in [0.29, 0.717) is 6.61 Å². The smallest absolute Gasteiger partial charge is 0.409 e. The Balaban J connectivity index is 2.96. The summed E-state index contributed by atoms with van der Waals surface area (Å²) in [6.07, 6.45) is 1.65. The number of hydrogen-bond acceptors (Lipinski definition) is 7. The summed E-state index contributed by atoms with van der Waals surface area (Å²) in [5.41, 5.74) is -0.196. The largest absolute Gasteiger partial charge is 0.445 e. The van der Waals surface area contributed by atoms with Gasteiger partial charge in [0.1, 0.15) is 19.0 Å². The lowest BCUT2D eigenvalue weighted by Gasteiger charge is -2.46. The molecule has 1 heterocycles. The first-order chi connectivity index (χ1) is 16.8. The van der Waals surface area contributed by atoms with Crippen molar-refractivity contribution in [3.63, 3.8) is 0 Å². The summed E-state index contributed by atoms with van der Waals surface area (Å²) in [5, 5.41) is 5.44. The van der Waals surface area contributed by atoms with Gasteiger partial charge in [-0.2, -0.15) is 0 Å². The molecular weight excluding hydrogens is 482 g/mol. The maximum absolute atomic E-state index is 13.4. The first-order valence-corrected chi connectivity index (χ1v) is 15.0. The van der Waals surface area contributed by atoms with Gasteiger partial charge in [0.2, 0.25) is 5.91 Å². The molecule has 2 N–H and O–H groups in total. The van der Waals surface area contributed by atoms with Gasteiger partial charge in [-0.15, -0.1) is 0 Å². The summed E-state index contributed by atoms with van der Waals surface area (Å²) in [6.45, 7) is 17.9. The van der Waals surface area contributed by atoms with E-state index in [1.165, 1.54) is 24.1 Å². The summed E-state index contributed by atoms with van der Waals surface area (Å²) in [7, 11) is 0.225. The molecule has 0 saturated carbocycles. The van der Waals surface area contributed by atoms with Crippen molar-refractivity contribution < 1.29 is 33.1 Å². The molecule has 11 heteroatoms. The molecular formula is C25H43N3O7Si. The number of ketones is 1. The van der Waals surface area contributed by atoms with Crippen molar-refractivity contribution in [2.45, 2.75) is 46.3 Å². The van der Waals surface area contributed by atoms with Crippen molar-refractivity contribution in [1.82, 2.24) is 15.5 Å². The van der Waals surface area contributed by atoms with Crippen LogP contribution in [-0.4, -0.2) is 83.8 Å². The zero-order chi connectivity index (χ0) is 27.5. The van der Waals surface area contributed by atoms with Crippen molar-refractivity contribution in [3.05, 3.63) is 25.3 Å². The Morgan fingerprint density at radius 3 is 2.31 bits per heavy atom. The van der Waals surface area contributed by atoms with E-state index in [1.807, 2.05) is 0 Å². The maximum Gasteiger partial charge on any atom is 0.409 e. The zero-order valence-corrected chi connectivity index (χ0v) is 23.7. The van der Waals surface area contributed by atoms with Crippen LogP contribution in [0.2, 0.25) is 13.1 Å². The molecule has 1 aliphatic rings. The lowest BCUT2D eigenvalue weighted by Crippen LogP contribution is -2.64. The molecule has 0 aromatic heterocycles. The lowest BCUT2D eigenvalue weighted by molar-refractivity contribution is -0.143. The van der Waals surface area contributed by atoms with Gasteiger partial charge in [-0.05, 0) is 24.4 Å². The minimum Gasteiger partial charge on any atom is -0.445 e. The van der Waals surface area contributed by atoms with E-state index in [0.717, 1.165) is 0 Å². The number of amides is 3. The summed E-state index contributed by atoms with van der Waals surface area (Å²) < 4.78 is 15.9. The molecule has 1 rings (SSSR count). The third-order valence-corrected chi connectivity index (χ3v) is 6.91. The molecule has 0 aromatic rings. The van der Waals surface area contributed by atoms with E-state index >= 15 is 0 Å². The number of carbonyl (C=O) groups is 4. The van der Waals surface area contributed by atoms with Gasteiger partial charge in [0, 0.05) is 39.2 Å². The van der Waals surface area contributed by atoms with E-state index in [2.05, 4.69) is 57.7 Å². The lowest BCUT2D eigenvalue weighted by atomic mass is 9.66. The number of Topliss-reactive ketones (excluding diaryl/α,β-unsaturated/α-hetero) is 1. The third kappa shape index (κ3) is 10.1. The fourth-order valence-electron chi connectivity index (χ4n) is 3.99. The topological polar surface area (TPSA) is 123 Å². The van der Waals surface area contributed by atoms with E-state index in [-0.39, 0.29) is 67.7 Å². The van der Waals surface area contributed by atoms with Crippen molar-refractivity contribution in [2.75, 3.05) is 40.0 Å². The number of nitrogens with zero attached hydrogens (tertiary/aromatic N) is 1. The summed E-state index contributed by atoms with van der Waals surface area (Å²) in [4.78, 5) is 51.3. The van der Waals surface area contributed by atoms with Crippen molar-refractivity contribution in [2.24, 2.45) is 23.2 Å². The van der Waals surface area contributed by atoms with Crippen LogP contribution in [0.1, 0.15) is 27.2 Å². The minimum atomic E-state index is -1.29. The molecule has 0 unspecified atom stereocenters. The second-order valence-corrected chi connectivity index (χ2v) is 12.8. The predicted octanol–water partition coefficient (Wildman–Crippen LogP) is 2.51. The fraction of sp³-hybridized carbons (Fsp3) is 0.680. The molecule has 0 aliphatic carbocycles. The van der Waals surface area contributed by atoms with Gasteiger partial charge in [-0.3, -0.25) is 9.59 Å². The molecule has 1 saturated heterocycles. The molecule has 0 aromatic carbocycles. The van der Waals surface area contributed by atoms with Crippen LogP contribution < -0.4 is 10.6 Å². The van der Waals surface area contributed by atoms with Gasteiger partial charge in [0.25, 0.3) is 0 Å². The Morgan fingerprint density at radius 1 is 1.17 bits per heavy atom. The van der Waals surface area contributed by atoms with Crippen LogP contribution in [0.3, 0.4) is 0 Å². The molecule has 0 bridgehead atoms. The molecule has 3 amide bonds. The second-order valence-electron chi connectivity index (χ2n) is 10.4. The first kappa shape index (κ1) is 31.4. The summed E-state index contributed by atoms with van der Waals surface area (Å²) >= 11 is 0. The number of rotatable bonds is 15. The van der Waals surface area contributed by atoms with E-state index in [4.69, 9.17) is 13.9 Å². The highest BCUT2D eigenvalue weighted by atomic mass is 28.3. The Hall–Kier alpha value is -2.66. The van der Waals surface area contributed by atoms with Gasteiger partial charge in [0.15, 0.2) is 9.04 Å². The van der Waals surface area contributed by atoms with Crippen LogP contribution in [-0.2, 0) is 23.5 Å². The molecule has 1 fully saturated rings. The molecule has 0 radical (unpaired) electrons. The molecule has 36 heavy (non-hydrogen) atoms. The molecule has 204 valence electrons. The Labute approximate surface area is 216 Å². The fourth-order valence-corrected chi connectivity index (χ4v) is 4.58. The first-order valence-electron chi connectivity index (χ1n) is 12.3. The number of hydrogen-bond donors (Lipinski definition) is 2. The highest BCUT2D eigenvalue weighted by molar-refractivity contribution is 6.48. The van der Waals surface area contributed by atoms with E-state index in [9.17, 15) is 19.2 Å². The third-order valence-electron chi connectivity index (χ3n) is 6.05. The number of β-lactam (4-membered cyclic amide) rings is 1. The zero-order valence-electron chi connectivity index (χ0n) is 22.5. The quantitative estimate of drug-likeness (QED) is 0.191. The average Bonchev–Trinajstić information content (AvgIpc) is 2.79. The van der Waals surface area contributed by atoms with Gasteiger partial charge in [0.05, 0.1) is 11.8 Å². The summed E-state index contributed by atoms with van der Waals surface area (Å²) in [5.74, 6) is -1.42. The number of ether oxygens (including phenoxy) is 2. The van der Waals surface area contributed by atoms with Gasteiger partial charge < -0.3 is 29.4 Å². The van der Waals surface area contributed by atoms with Crippen LogP contribution in [0.4, 0.5) is 9.59 Å². The molecule has 1 aliphatic heterocycles. The maximum atomic E-state index is 13.4. The van der Waals surface area contributed by atoms with Crippen LogP contribution in [0.15, 0.2) is 25.3 Å². The average molecular weight is 526 g/mol. The van der Waals surface area contributed by atoms with Gasteiger partial charge in [-0.1, -0.05) is 46.1 Å². The molecule has 4 atom stereocenters. The molecule has 0 spiro atoms. The second kappa shape index (κ2) is 14.8. The van der Waals surface area contributed by atoms with Gasteiger partial charge >= 0.3 is 12.2 Å². The minimum absolute atomic E-state index is 0.0205. The van der Waals surface area contributed by atoms with E-state index in [1.54, 1.807) is 0 Å². The normalized spacial score (nSPS) is 18.8. The summed E-state index contributed by atoms with van der Waals surface area (Å²) in [6, 6.07) is -0.347. The van der Waals surface area contributed by atoms with Crippen molar-refractivity contribution >= 4 is 32.9 Å². The Kier molecular flexibility index (Phi) is 12.9. The number of alkyl carbamates (subject to hydrolysis) is 1. The monoisotopic (exact) mass is 525 g/mol. The highest BCUT2D eigenvalue weighted by Crippen LogP contribution is 2.39. The standard InChI is InChI=1S/C25H43N3O7Si/c1-9-11-33-23(31)26-14-17(15-28(6)24(32)34-12-10-2)20(29)13-19-21(22(30)27-19)18(25(3,4)5)16-35-36(7)8/h9-10,17-19,21,36H,1-2,11-16H2,3-8H3,(H,26,31)(H,27,30)/t17-,18+,19+,21-/m0/s1. The highest BCUT2D eigenvalue weighted by Gasteiger charge is 2.49. The van der Waals surface area contributed by atoms with Gasteiger partial charge in [-0.25, -0.2) is 9.59 Å².